The summed E-state index contributed by atoms with van der Waals surface area (Å²) in [7, 11) is 0. The van der Waals surface area contributed by atoms with Gasteiger partial charge < -0.3 is 20.1 Å². The first kappa shape index (κ1) is 22.3. The van der Waals surface area contributed by atoms with Gasteiger partial charge in [0.2, 0.25) is 0 Å². The van der Waals surface area contributed by atoms with E-state index < -0.39 is 0 Å². The zero-order valence-electron chi connectivity index (χ0n) is 18.5. The van der Waals surface area contributed by atoms with Crippen LogP contribution < -0.4 is 10.2 Å². The number of benzene rings is 2. The number of hydrogen-bond acceptors (Lipinski definition) is 1. The molecule has 0 aliphatic heterocycles. The monoisotopic (exact) mass is 423 g/mol. The van der Waals surface area contributed by atoms with E-state index in [-0.39, 0.29) is 0 Å². The Morgan fingerprint density at radius 2 is 1.77 bits per heavy atom. The maximum atomic E-state index is 5.85. The summed E-state index contributed by atoms with van der Waals surface area (Å²) in [6, 6.07) is 17.0. The van der Waals surface area contributed by atoms with Crippen molar-refractivity contribution in [3.05, 3.63) is 65.9 Å². The first-order valence-corrected chi connectivity index (χ1v) is 11.6. The lowest BCUT2D eigenvalue weighted by molar-refractivity contribution is -0.896. The van der Waals surface area contributed by atoms with E-state index in [4.69, 9.17) is 12.2 Å². The predicted octanol–water partition coefficient (Wildman–Crippen LogP) is 4.24. The molecule has 0 aliphatic carbocycles. The maximum Gasteiger partial charge on any atom is 0.173 e. The second kappa shape index (κ2) is 11.1. The quantitative estimate of drug-likeness (QED) is 0.427. The highest BCUT2D eigenvalue weighted by molar-refractivity contribution is 7.80. The summed E-state index contributed by atoms with van der Waals surface area (Å²) < 4.78 is 0. The van der Waals surface area contributed by atoms with Crippen LogP contribution in [-0.2, 0) is 13.0 Å². The molecule has 3 N–H and O–H groups in total. The second-order valence-electron chi connectivity index (χ2n) is 7.82. The van der Waals surface area contributed by atoms with Crippen molar-refractivity contribution in [2.24, 2.45) is 0 Å². The highest BCUT2D eigenvalue weighted by Gasteiger charge is 2.14. The molecule has 0 bridgehead atoms. The third kappa shape index (κ3) is 5.83. The average molecular weight is 424 g/mol. The molecule has 5 heteroatoms. The molecule has 0 saturated heterocycles. The number of H-pyrrole nitrogens is 1. The molecule has 0 amide bonds. The van der Waals surface area contributed by atoms with Crippen molar-refractivity contribution in [3.8, 4) is 0 Å². The molecule has 3 aromatic rings. The Kier molecular flexibility index (Phi) is 8.29. The second-order valence-corrected chi connectivity index (χ2v) is 8.21. The Morgan fingerprint density at radius 3 is 2.47 bits per heavy atom. The first-order valence-electron chi connectivity index (χ1n) is 11.2. The summed E-state index contributed by atoms with van der Waals surface area (Å²) in [6.45, 7) is 12.0. The Labute approximate surface area is 186 Å². The van der Waals surface area contributed by atoms with Crippen molar-refractivity contribution >= 4 is 33.9 Å². The number of nitrogens with one attached hydrogen (secondary N) is 3. The fourth-order valence-corrected chi connectivity index (χ4v) is 4.14. The van der Waals surface area contributed by atoms with E-state index in [2.05, 4.69) is 90.7 Å². The van der Waals surface area contributed by atoms with Crippen molar-refractivity contribution in [1.82, 2.24) is 9.88 Å². The minimum absolute atomic E-state index is 0.791. The van der Waals surface area contributed by atoms with Crippen LogP contribution in [0.3, 0.4) is 0 Å². The van der Waals surface area contributed by atoms with Gasteiger partial charge in [-0.2, -0.15) is 0 Å². The lowest BCUT2D eigenvalue weighted by atomic mass is 10.1. The van der Waals surface area contributed by atoms with Crippen molar-refractivity contribution in [1.29, 1.82) is 0 Å². The number of aromatic amines is 1. The number of rotatable bonds is 10. The van der Waals surface area contributed by atoms with E-state index >= 15 is 0 Å². The fourth-order valence-electron chi connectivity index (χ4n) is 3.87. The van der Waals surface area contributed by atoms with Crippen LogP contribution in [0.15, 0.2) is 54.7 Å². The van der Waals surface area contributed by atoms with Crippen LogP contribution in [0.5, 0.6) is 0 Å². The van der Waals surface area contributed by atoms with Crippen LogP contribution in [0.25, 0.3) is 10.9 Å². The Hall–Kier alpha value is -2.37. The number of fused-ring (bicyclic) bond motifs is 1. The molecule has 0 atom stereocenters. The Morgan fingerprint density at radius 1 is 1.03 bits per heavy atom. The molecule has 3 rings (SSSR count). The van der Waals surface area contributed by atoms with Gasteiger partial charge in [0, 0.05) is 42.3 Å². The van der Waals surface area contributed by atoms with E-state index in [9.17, 15) is 0 Å². The standard InChI is InChI=1S/C25H34N4S/c1-4-20-12-14-22(15-13-20)27-25(30)29(17-9-16-28(5-2)6-3)19-21-18-26-24-11-8-7-10-23(21)24/h7-8,10-15,18,26H,4-6,9,16-17,19H2,1-3H3,(H,27,30)/p+1. The van der Waals surface area contributed by atoms with Gasteiger partial charge >= 0.3 is 0 Å². The molecule has 2 aromatic carbocycles. The minimum atomic E-state index is 0.791. The van der Waals surface area contributed by atoms with Gasteiger partial charge in [-0.3, -0.25) is 0 Å². The van der Waals surface area contributed by atoms with Crippen molar-refractivity contribution in [2.45, 2.75) is 40.2 Å². The third-order valence-electron chi connectivity index (χ3n) is 5.90. The smallest absolute Gasteiger partial charge is 0.173 e. The van der Waals surface area contributed by atoms with Gasteiger partial charge in [-0.25, -0.2) is 0 Å². The topological polar surface area (TPSA) is 35.5 Å². The number of thiocarbonyl (C=S) groups is 1. The maximum absolute atomic E-state index is 5.85. The number of hydrogen-bond donors (Lipinski definition) is 3. The molecular formula is C25H35N4S+. The van der Waals surface area contributed by atoms with Gasteiger partial charge in [0.25, 0.3) is 0 Å². The van der Waals surface area contributed by atoms with Crippen LogP contribution in [0.1, 0.15) is 38.3 Å². The summed E-state index contributed by atoms with van der Waals surface area (Å²) in [5, 5.41) is 5.52. The molecule has 1 aromatic heterocycles. The molecule has 30 heavy (non-hydrogen) atoms. The van der Waals surface area contributed by atoms with Crippen LogP contribution >= 0.6 is 12.2 Å². The largest absolute Gasteiger partial charge is 0.361 e. The number of quaternary nitrogens is 1. The fraction of sp³-hybridized carbons (Fsp3) is 0.400. The molecule has 160 valence electrons. The zero-order valence-corrected chi connectivity index (χ0v) is 19.3. The number of anilines is 1. The lowest BCUT2D eigenvalue weighted by Crippen LogP contribution is -3.11. The van der Waals surface area contributed by atoms with Crippen LogP contribution in [0, 0.1) is 0 Å². The summed E-state index contributed by atoms with van der Waals surface area (Å²) in [5.74, 6) is 0. The molecule has 0 fully saturated rings. The van der Waals surface area contributed by atoms with Gasteiger partial charge in [-0.15, -0.1) is 0 Å². The molecule has 0 radical (unpaired) electrons. The molecular weight excluding hydrogens is 388 g/mol. The summed E-state index contributed by atoms with van der Waals surface area (Å²) in [6.07, 6.45) is 4.28. The highest BCUT2D eigenvalue weighted by Crippen LogP contribution is 2.20. The van der Waals surface area contributed by atoms with E-state index in [1.807, 2.05) is 0 Å². The Balaban J connectivity index is 1.72. The van der Waals surface area contributed by atoms with E-state index in [0.717, 1.165) is 36.7 Å². The van der Waals surface area contributed by atoms with E-state index in [0.29, 0.717) is 0 Å². The third-order valence-corrected chi connectivity index (χ3v) is 6.26. The average Bonchev–Trinajstić information content (AvgIpc) is 3.19. The number of aromatic nitrogens is 1. The number of para-hydroxylation sites is 1. The van der Waals surface area contributed by atoms with E-state index in [1.54, 1.807) is 4.90 Å². The first-order chi connectivity index (χ1) is 14.6. The normalized spacial score (nSPS) is 11.2. The van der Waals surface area contributed by atoms with Crippen molar-refractivity contribution < 1.29 is 4.90 Å². The summed E-state index contributed by atoms with van der Waals surface area (Å²) in [5.41, 5.74) is 4.85. The van der Waals surface area contributed by atoms with Crippen molar-refractivity contribution in [2.75, 3.05) is 31.5 Å². The lowest BCUT2D eigenvalue weighted by Gasteiger charge is -2.27. The van der Waals surface area contributed by atoms with Crippen LogP contribution in [-0.4, -0.2) is 41.2 Å². The van der Waals surface area contributed by atoms with Gasteiger partial charge in [0.1, 0.15) is 0 Å². The molecule has 0 aliphatic rings. The summed E-state index contributed by atoms with van der Waals surface area (Å²) in [4.78, 5) is 7.34. The Bertz CT molecular complexity index is 928. The minimum Gasteiger partial charge on any atom is -0.361 e. The van der Waals surface area contributed by atoms with Gasteiger partial charge in [0.05, 0.1) is 19.6 Å². The zero-order chi connectivity index (χ0) is 21.3. The number of nitrogens with zero attached hydrogens (tertiary/aromatic N) is 1. The molecule has 0 unspecified atom stereocenters. The molecule has 0 spiro atoms. The number of aryl methyl sites for hydroxylation is 1. The summed E-state index contributed by atoms with van der Waals surface area (Å²) >= 11 is 5.85. The highest BCUT2D eigenvalue weighted by atomic mass is 32.1. The van der Waals surface area contributed by atoms with Crippen LogP contribution in [0.2, 0.25) is 0 Å². The van der Waals surface area contributed by atoms with Crippen molar-refractivity contribution in [3.63, 3.8) is 0 Å². The molecule has 0 saturated carbocycles. The van der Waals surface area contributed by atoms with Crippen LogP contribution in [0.4, 0.5) is 5.69 Å². The van der Waals surface area contributed by atoms with E-state index in [1.165, 1.54) is 41.7 Å². The van der Waals surface area contributed by atoms with Gasteiger partial charge in [-0.05, 0) is 61.8 Å². The molecule has 4 nitrogen and oxygen atoms in total. The van der Waals surface area contributed by atoms with Gasteiger partial charge in [-0.1, -0.05) is 37.3 Å². The van der Waals surface area contributed by atoms with Gasteiger partial charge in [0.15, 0.2) is 5.11 Å². The predicted molar refractivity (Wildman–Crippen MR) is 132 cm³/mol. The molecule has 1 heterocycles. The SMILES string of the molecule is CCc1ccc(NC(=S)N(CCC[NH+](CC)CC)Cc2c[nH]c3ccccc23)cc1.